The lowest BCUT2D eigenvalue weighted by molar-refractivity contribution is -0.111. The summed E-state index contributed by atoms with van der Waals surface area (Å²) in [6, 6.07) is 20.3. The number of halogens is 1. The number of carbonyl (C=O) groups excluding carboxylic acids is 2. The van der Waals surface area contributed by atoms with Crippen LogP contribution in [0.1, 0.15) is 27.4 Å². The number of hydrogen-bond acceptors (Lipinski definition) is 4. The molecule has 0 fully saturated rings. The highest BCUT2D eigenvalue weighted by molar-refractivity contribution is 6.33. The molecule has 2 amide bonds. The number of benzene rings is 3. The smallest absolute Gasteiger partial charge is 0.407 e. The molecule has 7 nitrogen and oxygen atoms in total. The molecule has 0 heterocycles. The zero-order valence-corrected chi connectivity index (χ0v) is 18.7. The molecule has 3 aromatic rings. The standard InChI is InChI=1S/C26H21ClN2O5/c27-23-14-16(11-12-21(23)25(31)32)29-24(30)10-5-13-28-26(33)34-15-22-19-8-3-1-6-17(19)18-7-2-4-9-20(18)22/h1-12,14,22H,13,15H2,(H,28,33)(H,29,30)(H,31,32)/b10-5+. The van der Waals surface area contributed by atoms with Crippen molar-refractivity contribution in [2.45, 2.75) is 5.92 Å². The van der Waals surface area contributed by atoms with Gasteiger partial charge >= 0.3 is 12.1 Å². The van der Waals surface area contributed by atoms with Crippen molar-refractivity contribution < 1.29 is 24.2 Å². The van der Waals surface area contributed by atoms with Gasteiger partial charge in [0, 0.05) is 24.2 Å². The van der Waals surface area contributed by atoms with Crippen molar-refractivity contribution in [1.82, 2.24) is 5.32 Å². The highest BCUT2D eigenvalue weighted by atomic mass is 35.5. The maximum atomic E-state index is 12.2. The van der Waals surface area contributed by atoms with Crippen LogP contribution in [0.5, 0.6) is 0 Å². The van der Waals surface area contributed by atoms with Gasteiger partial charge in [0.2, 0.25) is 5.91 Å². The Bertz CT molecular complexity index is 1240. The third-order valence-corrected chi connectivity index (χ3v) is 5.76. The van der Waals surface area contributed by atoms with Crippen molar-refractivity contribution in [2.24, 2.45) is 0 Å². The first-order valence-corrected chi connectivity index (χ1v) is 10.9. The minimum absolute atomic E-state index is 0.0196. The molecule has 0 unspecified atom stereocenters. The van der Waals surface area contributed by atoms with Gasteiger partial charge in [0.05, 0.1) is 10.6 Å². The lowest BCUT2D eigenvalue weighted by Crippen LogP contribution is -2.26. The van der Waals surface area contributed by atoms with Gasteiger partial charge in [-0.3, -0.25) is 4.79 Å². The van der Waals surface area contributed by atoms with Gasteiger partial charge < -0.3 is 20.5 Å². The zero-order chi connectivity index (χ0) is 24.1. The zero-order valence-electron chi connectivity index (χ0n) is 18.0. The SMILES string of the molecule is O=C(/C=C/CNC(=O)OCC1c2ccccc2-c2ccccc21)Nc1ccc(C(=O)O)c(Cl)c1. The van der Waals surface area contributed by atoms with Crippen LogP contribution in [-0.2, 0) is 9.53 Å². The van der Waals surface area contributed by atoms with E-state index < -0.39 is 18.0 Å². The highest BCUT2D eigenvalue weighted by Gasteiger charge is 2.28. The van der Waals surface area contributed by atoms with Crippen molar-refractivity contribution in [2.75, 3.05) is 18.5 Å². The Morgan fingerprint density at radius 1 is 0.971 bits per heavy atom. The Labute approximate surface area is 201 Å². The molecular weight excluding hydrogens is 456 g/mol. The molecule has 0 spiro atoms. The van der Waals surface area contributed by atoms with E-state index in [-0.39, 0.29) is 29.7 Å². The predicted octanol–water partition coefficient (Wildman–Crippen LogP) is 5.07. The molecule has 0 aliphatic heterocycles. The third kappa shape index (κ3) is 5.10. The summed E-state index contributed by atoms with van der Waals surface area (Å²) < 4.78 is 5.44. The van der Waals surface area contributed by atoms with Gasteiger partial charge in [-0.05, 0) is 40.5 Å². The summed E-state index contributed by atoms with van der Waals surface area (Å²) in [6.07, 6.45) is 2.15. The van der Waals surface area contributed by atoms with Crippen LogP contribution in [0, 0.1) is 0 Å². The normalized spacial score (nSPS) is 12.1. The lowest BCUT2D eigenvalue weighted by Gasteiger charge is -2.14. The van der Waals surface area contributed by atoms with E-state index >= 15 is 0 Å². The minimum atomic E-state index is -1.15. The third-order valence-electron chi connectivity index (χ3n) is 5.44. The fourth-order valence-corrected chi connectivity index (χ4v) is 4.17. The number of carboxylic acid groups (broad SMARTS) is 1. The minimum Gasteiger partial charge on any atom is -0.478 e. The van der Waals surface area contributed by atoms with E-state index in [4.69, 9.17) is 21.4 Å². The molecule has 0 bridgehead atoms. The summed E-state index contributed by atoms with van der Waals surface area (Å²) in [4.78, 5) is 35.2. The molecule has 172 valence electrons. The summed E-state index contributed by atoms with van der Waals surface area (Å²) >= 11 is 5.89. The number of alkyl carbamates (subject to hydrolysis) is 1. The summed E-state index contributed by atoms with van der Waals surface area (Å²) in [5.41, 5.74) is 4.87. The molecular formula is C26H21ClN2O5. The summed E-state index contributed by atoms with van der Waals surface area (Å²) in [5.74, 6) is -1.63. The van der Waals surface area contributed by atoms with E-state index in [0.717, 1.165) is 22.3 Å². The second-order valence-corrected chi connectivity index (χ2v) is 8.01. The van der Waals surface area contributed by atoms with Gasteiger partial charge in [-0.1, -0.05) is 66.2 Å². The lowest BCUT2D eigenvalue weighted by atomic mass is 9.98. The summed E-state index contributed by atoms with van der Waals surface area (Å²) in [5, 5.41) is 14.2. The van der Waals surface area contributed by atoms with Gasteiger partial charge in [-0.2, -0.15) is 0 Å². The topological polar surface area (TPSA) is 105 Å². The Balaban J connectivity index is 1.25. The first kappa shape index (κ1) is 23.1. The van der Waals surface area contributed by atoms with Crippen molar-refractivity contribution in [3.05, 3.63) is 101 Å². The van der Waals surface area contributed by atoms with Crippen LogP contribution < -0.4 is 10.6 Å². The van der Waals surface area contributed by atoms with Gasteiger partial charge in [-0.15, -0.1) is 0 Å². The molecule has 0 atom stereocenters. The molecule has 0 saturated heterocycles. The van der Waals surface area contributed by atoms with Crippen LogP contribution in [0.2, 0.25) is 5.02 Å². The molecule has 3 aromatic carbocycles. The molecule has 3 N–H and O–H groups in total. The number of aromatic carboxylic acids is 1. The number of ether oxygens (including phenoxy) is 1. The molecule has 8 heteroatoms. The van der Waals surface area contributed by atoms with Crippen LogP contribution in [0.25, 0.3) is 11.1 Å². The van der Waals surface area contributed by atoms with E-state index in [1.165, 1.54) is 30.4 Å². The van der Waals surface area contributed by atoms with Gasteiger partial charge in [0.1, 0.15) is 6.61 Å². The number of anilines is 1. The average molecular weight is 477 g/mol. The first-order chi connectivity index (χ1) is 16.4. The average Bonchev–Trinajstić information content (AvgIpc) is 3.14. The van der Waals surface area contributed by atoms with Crippen LogP contribution in [0.3, 0.4) is 0 Å². The maximum absolute atomic E-state index is 12.2. The molecule has 0 aromatic heterocycles. The van der Waals surface area contributed by atoms with E-state index in [9.17, 15) is 14.4 Å². The number of nitrogens with one attached hydrogen (secondary N) is 2. The molecule has 4 rings (SSSR count). The van der Waals surface area contributed by atoms with Crippen LogP contribution in [0.15, 0.2) is 78.9 Å². The van der Waals surface area contributed by atoms with Crippen molar-refractivity contribution >= 4 is 35.3 Å². The predicted molar refractivity (Wildman–Crippen MR) is 129 cm³/mol. The van der Waals surface area contributed by atoms with Crippen molar-refractivity contribution in [1.29, 1.82) is 0 Å². The Morgan fingerprint density at radius 3 is 2.24 bits per heavy atom. The summed E-state index contributed by atoms with van der Waals surface area (Å²) in [7, 11) is 0. The van der Waals surface area contributed by atoms with Gasteiger partial charge in [0.25, 0.3) is 0 Å². The molecule has 1 aliphatic rings. The molecule has 0 saturated carbocycles. The number of rotatable bonds is 7. The van der Waals surface area contributed by atoms with E-state index in [1.807, 2.05) is 36.4 Å². The second-order valence-electron chi connectivity index (χ2n) is 7.60. The second kappa shape index (κ2) is 10.2. The molecule has 0 radical (unpaired) electrons. The Morgan fingerprint density at radius 2 is 1.62 bits per heavy atom. The number of hydrogen-bond donors (Lipinski definition) is 3. The quantitative estimate of drug-likeness (QED) is 0.413. The van der Waals surface area contributed by atoms with Crippen LogP contribution >= 0.6 is 11.6 Å². The Hall–Kier alpha value is -4.10. The fraction of sp³-hybridized carbons (Fsp3) is 0.115. The van der Waals surface area contributed by atoms with E-state index in [0.29, 0.717) is 5.69 Å². The number of carbonyl (C=O) groups is 3. The molecule has 34 heavy (non-hydrogen) atoms. The van der Waals surface area contributed by atoms with Crippen LogP contribution in [0.4, 0.5) is 10.5 Å². The summed E-state index contributed by atoms with van der Waals surface area (Å²) in [6.45, 7) is 0.306. The van der Waals surface area contributed by atoms with E-state index in [1.54, 1.807) is 0 Å². The number of fused-ring (bicyclic) bond motifs is 3. The van der Waals surface area contributed by atoms with E-state index in [2.05, 4.69) is 22.8 Å². The van der Waals surface area contributed by atoms with Crippen molar-refractivity contribution in [3.8, 4) is 11.1 Å². The monoisotopic (exact) mass is 476 g/mol. The Kier molecular flexibility index (Phi) is 6.94. The number of carboxylic acids is 1. The van der Waals surface area contributed by atoms with Gasteiger partial charge in [-0.25, -0.2) is 9.59 Å². The largest absolute Gasteiger partial charge is 0.478 e. The first-order valence-electron chi connectivity index (χ1n) is 10.5. The highest BCUT2D eigenvalue weighted by Crippen LogP contribution is 2.44. The van der Waals surface area contributed by atoms with Gasteiger partial charge in [0.15, 0.2) is 0 Å². The fourth-order valence-electron chi connectivity index (χ4n) is 3.91. The number of amides is 2. The van der Waals surface area contributed by atoms with Crippen molar-refractivity contribution in [3.63, 3.8) is 0 Å². The maximum Gasteiger partial charge on any atom is 0.407 e. The molecule has 1 aliphatic carbocycles. The van der Waals surface area contributed by atoms with Crippen LogP contribution in [-0.4, -0.2) is 36.2 Å².